The topological polar surface area (TPSA) is 70.2 Å². The smallest absolute Gasteiger partial charge is 0.332 e. The van der Waals surface area contributed by atoms with Gasteiger partial charge in [0.15, 0.2) is 5.11 Å². The molecule has 0 saturated heterocycles. The van der Waals surface area contributed by atoms with Crippen LogP contribution in [0.5, 0.6) is 0 Å². The molecule has 0 spiro atoms. The number of nitrogens with one attached hydrogen (secondary N) is 3. The fraction of sp³-hybridized carbons (Fsp3) is 0.0500. The Kier molecular flexibility index (Phi) is 6.28. The number of benzene rings is 3. The van der Waals surface area contributed by atoms with Gasteiger partial charge < -0.3 is 10.6 Å². The SMILES string of the molecule is O=S(=O)(Nc1cccc(C(F)(F)F)c1)c1ccc(NC(=S)Nc2ccccc2)cc1. The van der Waals surface area contributed by atoms with Crippen molar-refractivity contribution in [1.82, 2.24) is 0 Å². The van der Waals surface area contributed by atoms with Gasteiger partial charge >= 0.3 is 6.18 Å². The van der Waals surface area contributed by atoms with Gasteiger partial charge in [0.2, 0.25) is 0 Å². The Labute approximate surface area is 177 Å². The van der Waals surface area contributed by atoms with E-state index in [4.69, 9.17) is 12.2 Å². The average Bonchev–Trinajstić information content (AvgIpc) is 2.68. The predicted octanol–water partition coefficient (Wildman–Crippen LogP) is 5.32. The van der Waals surface area contributed by atoms with Crippen LogP contribution in [0.1, 0.15) is 5.56 Å². The molecule has 0 unspecified atom stereocenters. The Morgan fingerprint density at radius 1 is 0.767 bits per heavy atom. The number of hydrogen-bond acceptors (Lipinski definition) is 3. The van der Waals surface area contributed by atoms with Crippen LogP contribution < -0.4 is 15.4 Å². The third-order valence-electron chi connectivity index (χ3n) is 3.90. The van der Waals surface area contributed by atoms with Gasteiger partial charge in [-0.15, -0.1) is 0 Å². The highest BCUT2D eigenvalue weighted by molar-refractivity contribution is 7.92. The predicted molar refractivity (Wildman–Crippen MR) is 115 cm³/mol. The third-order valence-corrected chi connectivity index (χ3v) is 5.50. The molecule has 3 N–H and O–H groups in total. The van der Waals surface area contributed by atoms with Crippen molar-refractivity contribution in [2.75, 3.05) is 15.4 Å². The first kappa shape index (κ1) is 21.6. The number of rotatable bonds is 5. The molecule has 0 aliphatic carbocycles. The monoisotopic (exact) mass is 451 g/mol. The van der Waals surface area contributed by atoms with Crippen molar-refractivity contribution >= 4 is 44.4 Å². The van der Waals surface area contributed by atoms with Crippen LogP contribution in [-0.2, 0) is 16.2 Å². The van der Waals surface area contributed by atoms with Gasteiger partial charge in [-0.1, -0.05) is 24.3 Å². The molecule has 0 aromatic heterocycles. The number of thiocarbonyl (C=S) groups is 1. The second-order valence-electron chi connectivity index (χ2n) is 6.15. The first-order chi connectivity index (χ1) is 14.1. The lowest BCUT2D eigenvalue weighted by molar-refractivity contribution is -0.137. The molecule has 30 heavy (non-hydrogen) atoms. The van der Waals surface area contributed by atoms with Gasteiger partial charge in [-0.3, -0.25) is 4.72 Å². The van der Waals surface area contributed by atoms with Gasteiger partial charge in [0, 0.05) is 17.1 Å². The van der Waals surface area contributed by atoms with E-state index in [2.05, 4.69) is 15.4 Å². The van der Waals surface area contributed by atoms with Gasteiger partial charge in [-0.05, 0) is 66.8 Å². The molecule has 0 aliphatic heterocycles. The number of sulfonamides is 1. The van der Waals surface area contributed by atoms with Gasteiger partial charge in [0.1, 0.15) is 0 Å². The average molecular weight is 451 g/mol. The Morgan fingerprint density at radius 3 is 1.93 bits per heavy atom. The van der Waals surface area contributed by atoms with E-state index in [0.717, 1.165) is 23.9 Å². The summed E-state index contributed by atoms with van der Waals surface area (Å²) in [5.74, 6) is 0. The summed E-state index contributed by atoms with van der Waals surface area (Å²) >= 11 is 5.21. The van der Waals surface area contributed by atoms with Crippen molar-refractivity contribution in [3.63, 3.8) is 0 Å². The summed E-state index contributed by atoms with van der Waals surface area (Å²) in [5.41, 5.74) is 0.211. The van der Waals surface area contributed by atoms with Crippen molar-refractivity contribution in [2.24, 2.45) is 0 Å². The van der Waals surface area contributed by atoms with Crippen molar-refractivity contribution in [1.29, 1.82) is 0 Å². The molecule has 0 heterocycles. The summed E-state index contributed by atoms with van der Waals surface area (Å²) in [6, 6.07) is 18.9. The van der Waals surface area contributed by atoms with Gasteiger partial charge in [0.05, 0.1) is 10.5 Å². The van der Waals surface area contributed by atoms with Crippen LogP contribution in [0.2, 0.25) is 0 Å². The van der Waals surface area contributed by atoms with Crippen molar-refractivity contribution in [3.8, 4) is 0 Å². The normalized spacial score (nSPS) is 11.6. The number of halogens is 3. The van der Waals surface area contributed by atoms with E-state index >= 15 is 0 Å². The van der Waals surface area contributed by atoms with Crippen LogP contribution in [0.15, 0.2) is 83.8 Å². The first-order valence-electron chi connectivity index (χ1n) is 8.57. The Morgan fingerprint density at radius 2 is 1.33 bits per heavy atom. The lowest BCUT2D eigenvalue weighted by Gasteiger charge is -2.13. The molecule has 5 nitrogen and oxygen atoms in total. The molecule has 0 atom stereocenters. The van der Waals surface area contributed by atoms with Crippen molar-refractivity contribution < 1.29 is 21.6 Å². The summed E-state index contributed by atoms with van der Waals surface area (Å²) in [7, 11) is -4.06. The zero-order valence-corrected chi connectivity index (χ0v) is 16.9. The number of anilines is 3. The van der Waals surface area contributed by atoms with Crippen LogP contribution in [-0.4, -0.2) is 13.5 Å². The summed E-state index contributed by atoms with van der Waals surface area (Å²) in [6.45, 7) is 0. The maximum atomic E-state index is 12.8. The molecule has 0 fully saturated rings. The molecule has 0 bridgehead atoms. The molecular weight excluding hydrogens is 435 g/mol. The van der Waals surface area contributed by atoms with Gasteiger partial charge in [-0.2, -0.15) is 13.2 Å². The molecule has 0 radical (unpaired) electrons. The van der Waals surface area contributed by atoms with E-state index in [0.29, 0.717) is 10.8 Å². The number of alkyl halides is 3. The number of hydrogen-bond donors (Lipinski definition) is 3. The molecule has 0 saturated carbocycles. The summed E-state index contributed by atoms with van der Waals surface area (Å²) in [4.78, 5) is -0.104. The Balaban J connectivity index is 1.68. The molecular formula is C20H16F3N3O2S2. The molecule has 10 heteroatoms. The minimum absolute atomic E-state index is 0.104. The standard InChI is InChI=1S/C20H16F3N3O2S2/c21-20(22,23)14-5-4-8-17(13-14)26-30(27,28)18-11-9-16(10-12-18)25-19(29)24-15-6-2-1-3-7-15/h1-13,26H,(H2,24,25,29). The highest BCUT2D eigenvalue weighted by atomic mass is 32.2. The lowest BCUT2D eigenvalue weighted by atomic mass is 10.2. The fourth-order valence-electron chi connectivity index (χ4n) is 2.51. The van der Waals surface area contributed by atoms with E-state index in [-0.39, 0.29) is 10.6 Å². The molecule has 156 valence electrons. The molecule has 3 aromatic carbocycles. The summed E-state index contributed by atoms with van der Waals surface area (Å²) in [6.07, 6.45) is -4.57. The van der Waals surface area contributed by atoms with E-state index in [1.807, 2.05) is 30.3 Å². The minimum Gasteiger partial charge on any atom is -0.332 e. The van der Waals surface area contributed by atoms with E-state index < -0.39 is 21.8 Å². The van der Waals surface area contributed by atoms with Crippen LogP contribution in [0.4, 0.5) is 30.2 Å². The zero-order valence-electron chi connectivity index (χ0n) is 15.3. The molecule has 3 aromatic rings. The molecule has 0 amide bonds. The minimum atomic E-state index is -4.57. The second kappa shape index (κ2) is 8.72. The fourth-order valence-corrected chi connectivity index (χ4v) is 3.79. The van der Waals surface area contributed by atoms with Crippen LogP contribution >= 0.6 is 12.2 Å². The van der Waals surface area contributed by atoms with Gasteiger partial charge in [-0.25, -0.2) is 8.42 Å². The van der Waals surface area contributed by atoms with Gasteiger partial charge in [0.25, 0.3) is 10.0 Å². The quantitative estimate of drug-likeness (QED) is 0.459. The summed E-state index contributed by atoms with van der Waals surface area (Å²) in [5, 5.41) is 6.22. The van der Waals surface area contributed by atoms with Crippen molar-refractivity contribution in [2.45, 2.75) is 11.1 Å². The van der Waals surface area contributed by atoms with Crippen LogP contribution in [0.3, 0.4) is 0 Å². The lowest BCUT2D eigenvalue weighted by Crippen LogP contribution is -2.19. The molecule has 3 rings (SSSR count). The second-order valence-corrected chi connectivity index (χ2v) is 8.24. The number of para-hydroxylation sites is 1. The highest BCUT2D eigenvalue weighted by Crippen LogP contribution is 2.31. The third kappa shape index (κ3) is 5.71. The maximum absolute atomic E-state index is 12.8. The molecule has 0 aliphatic rings. The van der Waals surface area contributed by atoms with E-state index in [1.165, 1.54) is 30.3 Å². The first-order valence-corrected chi connectivity index (χ1v) is 10.5. The van der Waals surface area contributed by atoms with Crippen molar-refractivity contribution in [3.05, 3.63) is 84.4 Å². The zero-order chi connectivity index (χ0) is 21.8. The Bertz CT molecular complexity index is 1130. The van der Waals surface area contributed by atoms with Crippen LogP contribution in [0, 0.1) is 0 Å². The maximum Gasteiger partial charge on any atom is 0.416 e. The Hall–Kier alpha value is -3.11. The highest BCUT2D eigenvalue weighted by Gasteiger charge is 2.30. The van der Waals surface area contributed by atoms with E-state index in [1.54, 1.807) is 0 Å². The van der Waals surface area contributed by atoms with Crippen LogP contribution in [0.25, 0.3) is 0 Å². The largest absolute Gasteiger partial charge is 0.416 e. The van der Waals surface area contributed by atoms with E-state index in [9.17, 15) is 21.6 Å². The summed E-state index contributed by atoms with van der Waals surface area (Å²) < 4.78 is 65.6.